The van der Waals surface area contributed by atoms with E-state index in [1.165, 1.54) is 12.3 Å². The van der Waals surface area contributed by atoms with Gasteiger partial charge in [-0.2, -0.15) is 0 Å². The molecule has 1 heterocycles. The lowest BCUT2D eigenvalue weighted by Crippen LogP contribution is -2.26. The number of aromatic nitrogens is 1. The topological polar surface area (TPSA) is 60.5 Å². The minimum absolute atomic E-state index is 0.191. The monoisotopic (exact) mass is 464 g/mol. The summed E-state index contributed by atoms with van der Waals surface area (Å²) in [6.07, 6.45) is 1.97. The molecule has 1 N–H and O–H groups in total. The summed E-state index contributed by atoms with van der Waals surface area (Å²) in [5.74, 6) is 1.14. The molecule has 0 saturated heterocycles. The molecule has 0 unspecified atom stereocenters. The van der Waals surface area contributed by atoms with Crippen molar-refractivity contribution < 1.29 is 14.3 Å². The van der Waals surface area contributed by atoms with Crippen LogP contribution in [0.4, 0.5) is 0 Å². The van der Waals surface area contributed by atoms with E-state index < -0.39 is 0 Å². The van der Waals surface area contributed by atoms with Crippen molar-refractivity contribution in [1.82, 2.24) is 10.3 Å². The molecule has 2 aromatic carbocycles. The summed E-state index contributed by atoms with van der Waals surface area (Å²) < 4.78 is 11.3. The Balaban J connectivity index is 1.71. The van der Waals surface area contributed by atoms with Gasteiger partial charge in [-0.15, -0.1) is 0 Å². The lowest BCUT2D eigenvalue weighted by molar-refractivity contribution is 0.0951. The van der Waals surface area contributed by atoms with Crippen LogP contribution in [0, 0.1) is 0 Å². The van der Waals surface area contributed by atoms with E-state index in [9.17, 15) is 4.79 Å². The van der Waals surface area contributed by atoms with Gasteiger partial charge in [0, 0.05) is 22.7 Å². The van der Waals surface area contributed by atoms with Crippen LogP contribution in [-0.4, -0.2) is 24.0 Å². The summed E-state index contributed by atoms with van der Waals surface area (Å²) in [6.45, 7) is 2.81. The predicted octanol–water partition coefficient (Wildman–Crippen LogP) is 6.21. The first-order chi connectivity index (χ1) is 14.5. The number of hydrogen-bond donors (Lipinski definition) is 1. The molecule has 0 radical (unpaired) electrons. The largest absolute Gasteiger partial charge is 0.494 e. The zero-order valence-corrected chi connectivity index (χ0v) is 18.4. The van der Waals surface area contributed by atoms with Crippen LogP contribution >= 0.6 is 34.8 Å². The highest BCUT2D eigenvalue weighted by atomic mass is 35.5. The average molecular weight is 466 g/mol. The van der Waals surface area contributed by atoms with Gasteiger partial charge in [-0.25, -0.2) is 4.98 Å². The van der Waals surface area contributed by atoms with Gasteiger partial charge < -0.3 is 14.8 Å². The highest BCUT2D eigenvalue weighted by molar-refractivity contribution is 6.35. The SMILES string of the molecule is CCOc1cccc(Oc2cnc(Cl)cc2C(=O)NCCc2ccc(Cl)cc2Cl)c1. The fraction of sp³-hybridized carbons (Fsp3) is 0.182. The van der Waals surface area contributed by atoms with E-state index in [0.29, 0.717) is 41.1 Å². The molecule has 0 aliphatic rings. The number of rotatable bonds is 8. The summed E-state index contributed by atoms with van der Waals surface area (Å²) in [5.41, 5.74) is 1.16. The van der Waals surface area contributed by atoms with Crippen LogP contribution in [-0.2, 0) is 6.42 Å². The highest BCUT2D eigenvalue weighted by Gasteiger charge is 2.15. The van der Waals surface area contributed by atoms with Crippen LogP contribution in [0.3, 0.4) is 0 Å². The van der Waals surface area contributed by atoms with Crippen molar-refractivity contribution in [1.29, 1.82) is 0 Å². The third kappa shape index (κ3) is 6.02. The fourth-order valence-electron chi connectivity index (χ4n) is 2.73. The zero-order valence-electron chi connectivity index (χ0n) is 16.1. The number of nitrogens with one attached hydrogen (secondary N) is 1. The van der Waals surface area contributed by atoms with E-state index in [1.54, 1.807) is 30.3 Å². The van der Waals surface area contributed by atoms with Gasteiger partial charge in [0.1, 0.15) is 16.7 Å². The van der Waals surface area contributed by atoms with E-state index in [-0.39, 0.29) is 22.4 Å². The second-order valence-corrected chi connectivity index (χ2v) is 7.49. The van der Waals surface area contributed by atoms with Crippen molar-refractivity contribution in [3.63, 3.8) is 0 Å². The third-order valence-corrected chi connectivity index (χ3v) is 4.91. The fourth-order valence-corrected chi connectivity index (χ4v) is 3.39. The number of pyridine rings is 1. The van der Waals surface area contributed by atoms with Crippen molar-refractivity contribution >= 4 is 40.7 Å². The van der Waals surface area contributed by atoms with Crippen molar-refractivity contribution in [2.75, 3.05) is 13.2 Å². The first-order valence-electron chi connectivity index (χ1n) is 9.24. The standard InChI is InChI=1S/C22H19Cl3N2O3/c1-2-29-16-4-3-5-17(11-16)30-20-13-27-21(25)12-18(20)22(28)26-9-8-14-6-7-15(23)10-19(14)24/h3-7,10-13H,2,8-9H2,1H3,(H,26,28). The molecule has 0 bridgehead atoms. The summed E-state index contributed by atoms with van der Waals surface area (Å²) in [7, 11) is 0. The Morgan fingerprint density at radius 3 is 2.63 bits per heavy atom. The number of benzene rings is 2. The number of carbonyl (C=O) groups excluding carboxylic acids is 1. The molecule has 8 heteroatoms. The van der Waals surface area contributed by atoms with E-state index >= 15 is 0 Å². The normalized spacial score (nSPS) is 10.5. The van der Waals surface area contributed by atoms with Crippen LogP contribution in [0.5, 0.6) is 17.2 Å². The lowest BCUT2D eigenvalue weighted by Gasteiger charge is -2.13. The zero-order chi connectivity index (χ0) is 21.5. The van der Waals surface area contributed by atoms with Crippen molar-refractivity contribution in [3.05, 3.63) is 81.1 Å². The third-order valence-electron chi connectivity index (χ3n) is 4.12. The number of nitrogens with zero attached hydrogens (tertiary/aromatic N) is 1. The molecule has 0 aliphatic heterocycles. The van der Waals surface area contributed by atoms with E-state index in [0.717, 1.165) is 5.56 Å². The van der Waals surface area contributed by atoms with Crippen LogP contribution in [0.2, 0.25) is 15.2 Å². The predicted molar refractivity (Wildman–Crippen MR) is 119 cm³/mol. The quantitative estimate of drug-likeness (QED) is 0.402. The molecule has 0 fully saturated rings. The van der Waals surface area contributed by atoms with Crippen LogP contribution in [0.25, 0.3) is 0 Å². The summed E-state index contributed by atoms with van der Waals surface area (Å²) in [4.78, 5) is 16.8. The summed E-state index contributed by atoms with van der Waals surface area (Å²) in [6, 6.07) is 13.9. The summed E-state index contributed by atoms with van der Waals surface area (Å²) >= 11 is 18.1. The molecule has 156 valence electrons. The average Bonchev–Trinajstić information content (AvgIpc) is 2.71. The van der Waals surface area contributed by atoms with Crippen LogP contribution in [0.15, 0.2) is 54.7 Å². The smallest absolute Gasteiger partial charge is 0.255 e. The molecule has 3 aromatic rings. The van der Waals surface area contributed by atoms with Gasteiger partial charge in [0.2, 0.25) is 0 Å². The molecular weight excluding hydrogens is 447 g/mol. The number of hydrogen-bond acceptors (Lipinski definition) is 4. The Morgan fingerprint density at radius 1 is 1.07 bits per heavy atom. The first kappa shape index (κ1) is 22.2. The number of amides is 1. The molecule has 0 spiro atoms. The molecular formula is C22H19Cl3N2O3. The molecule has 30 heavy (non-hydrogen) atoms. The number of carbonyl (C=O) groups is 1. The van der Waals surface area contributed by atoms with Gasteiger partial charge in [0.05, 0.1) is 18.4 Å². The molecule has 1 aromatic heterocycles. The van der Waals surface area contributed by atoms with Gasteiger partial charge >= 0.3 is 0 Å². The van der Waals surface area contributed by atoms with Gasteiger partial charge in [-0.3, -0.25) is 4.79 Å². The van der Waals surface area contributed by atoms with Gasteiger partial charge in [0.25, 0.3) is 5.91 Å². The second-order valence-electron chi connectivity index (χ2n) is 6.25. The Morgan fingerprint density at radius 2 is 1.87 bits per heavy atom. The minimum atomic E-state index is -0.333. The van der Waals surface area contributed by atoms with Gasteiger partial charge in [0.15, 0.2) is 5.75 Å². The van der Waals surface area contributed by atoms with E-state index in [4.69, 9.17) is 44.3 Å². The first-order valence-corrected chi connectivity index (χ1v) is 10.4. The minimum Gasteiger partial charge on any atom is -0.494 e. The maximum atomic E-state index is 12.8. The van der Waals surface area contributed by atoms with Crippen molar-refractivity contribution in [2.24, 2.45) is 0 Å². The molecule has 0 atom stereocenters. The lowest BCUT2D eigenvalue weighted by atomic mass is 10.1. The highest BCUT2D eigenvalue weighted by Crippen LogP contribution is 2.29. The van der Waals surface area contributed by atoms with Gasteiger partial charge in [-0.05, 0) is 49.2 Å². The maximum Gasteiger partial charge on any atom is 0.255 e. The number of ether oxygens (including phenoxy) is 2. The Bertz CT molecular complexity index is 1040. The van der Waals surface area contributed by atoms with Gasteiger partial charge in [-0.1, -0.05) is 46.9 Å². The Hall–Kier alpha value is -2.47. The summed E-state index contributed by atoms with van der Waals surface area (Å²) in [5, 5.41) is 4.17. The van der Waals surface area contributed by atoms with E-state index in [2.05, 4.69) is 10.3 Å². The number of halogens is 3. The molecule has 3 rings (SSSR count). The molecule has 0 saturated carbocycles. The van der Waals surface area contributed by atoms with Crippen molar-refractivity contribution in [2.45, 2.75) is 13.3 Å². The second kappa shape index (κ2) is 10.5. The van der Waals surface area contributed by atoms with Crippen LogP contribution in [0.1, 0.15) is 22.8 Å². The van der Waals surface area contributed by atoms with Crippen LogP contribution < -0.4 is 14.8 Å². The molecule has 1 amide bonds. The molecule has 5 nitrogen and oxygen atoms in total. The maximum absolute atomic E-state index is 12.8. The Kier molecular flexibility index (Phi) is 7.80. The van der Waals surface area contributed by atoms with E-state index in [1.807, 2.05) is 19.1 Å². The molecule has 0 aliphatic carbocycles. The van der Waals surface area contributed by atoms with Crippen molar-refractivity contribution in [3.8, 4) is 17.2 Å². The Labute approximate surface area is 189 Å².